The number of carbonyl (C=O) groups is 2. The summed E-state index contributed by atoms with van der Waals surface area (Å²) < 4.78 is 5.06. The number of anilines is 1. The minimum atomic E-state index is -0.208. The summed E-state index contributed by atoms with van der Waals surface area (Å²) in [7, 11) is 5.27. The van der Waals surface area contributed by atoms with Crippen LogP contribution in [0.15, 0.2) is 48.5 Å². The fourth-order valence-electron chi connectivity index (χ4n) is 2.06. The van der Waals surface area contributed by atoms with Crippen LogP contribution in [0.4, 0.5) is 5.69 Å². The summed E-state index contributed by atoms with van der Waals surface area (Å²) in [5.41, 5.74) is 1.81. The van der Waals surface area contributed by atoms with Crippen molar-refractivity contribution in [2.75, 3.05) is 33.1 Å². The lowest BCUT2D eigenvalue weighted by Crippen LogP contribution is -2.21. The van der Waals surface area contributed by atoms with Crippen LogP contribution in [0.3, 0.4) is 0 Å². The molecule has 120 valence electrons. The van der Waals surface area contributed by atoms with Crippen molar-refractivity contribution >= 4 is 17.4 Å². The van der Waals surface area contributed by atoms with E-state index in [2.05, 4.69) is 5.32 Å². The fourth-order valence-corrected chi connectivity index (χ4v) is 2.06. The highest BCUT2D eigenvalue weighted by atomic mass is 16.5. The Kier molecular flexibility index (Phi) is 5.49. The van der Waals surface area contributed by atoms with Gasteiger partial charge in [-0.2, -0.15) is 0 Å². The van der Waals surface area contributed by atoms with Gasteiger partial charge in [0.2, 0.25) is 0 Å². The quantitative estimate of drug-likeness (QED) is 0.833. The molecule has 0 fully saturated rings. The van der Waals surface area contributed by atoms with Gasteiger partial charge in [0.05, 0.1) is 13.7 Å². The van der Waals surface area contributed by atoms with Gasteiger partial charge in [0.15, 0.2) is 5.78 Å². The lowest BCUT2D eigenvalue weighted by Gasteiger charge is -2.09. The van der Waals surface area contributed by atoms with Gasteiger partial charge in [-0.05, 0) is 62.6 Å². The third-order valence-electron chi connectivity index (χ3n) is 3.28. The van der Waals surface area contributed by atoms with E-state index in [1.54, 1.807) is 55.6 Å². The second-order valence-electron chi connectivity index (χ2n) is 5.42. The number of hydrogen-bond acceptors (Lipinski definition) is 4. The molecule has 0 unspecified atom stereocenters. The SMILES string of the molecule is COc1ccc(C(=O)Nc2ccc(C(=O)CN(C)C)cc2)cc1. The second-order valence-corrected chi connectivity index (χ2v) is 5.42. The standard InChI is InChI=1S/C18H20N2O3/c1-20(2)12-17(21)13-4-8-15(9-5-13)19-18(22)14-6-10-16(23-3)11-7-14/h4-11H,12H2,1-3H3,(H,19,22). The third kappa shape index (κ3) is 4.66. The summed E-state index contributed by atoms with van der Waals surface area (Å²) in [6.45, 7) is 0.359. The Balaban J connectivity index is 2.02. The number of amides is 1. The number of rotatable bonds is 6. The molecule has 0 radical (unpaired) electrons. The monoisotopic (exact) mass is 312 g/mol. The average molecular weight is 312 g/mol. The topological polar surface area (TPSA) is 58.6 Å². The van der Waals surface area contributed by atoms with E-state index in [4.69, 9.17) is 4.74 Å². The molecule has 1 amide bonds. The van der Waals surface area contributed by atoms with Crippen LogP contribution in [0.25, 0.3) is 0 Å². The maximum Gasteiger partial charge on any atom is 0.255 e. The first-order chi connectivity index (χ1) is 11.0. The van der Waals surface area contributed by atoms with Gasteiger partial charge < -0.3 is 15.0 Å². The molecule has 2 aromatic rings. The normalized spacial score (nSPS) is 10.4. The van der Waals surface area contributed by atoms with Gasteiger partial charge >= 0.3 is 0 Å². The molecule has 0 aromatic heterocycles. The summed E-state index contributed by atoms with van der Waals surface area (Å²) in [6.07, 6.45) is 0. The summed E-state index contributed by atoms with van der Waals surface area (Å²) in [6, 6.07) is 13.8. The molecule has 0 heterocycles. The molecule has 1 N–H and O–H groups in total. The zero-order chi connectivity index (χ0) is 16.8. The van der Waals surface area contributed by atoms with Crippen molar-refractivity contribution < 1.29 is 14.3 Å². The Hall–Kier alpha value is -2.66. The number of Topliss-reactive ketones (excluding diaryl/α,β-unsaturated/α-hetero) is 1. The highest BCUT2D eigenvalue weighted by Crippen LogP contribution is 2.15. The van der Waals surface area contributed by atoms with Gasteiger partial charge in [-0.1, -0.05) is 0 Å². The van der Waals surface area contributed by atoms with Crippen LogP contribution in [-0.2, 0) is 0 Å². The molecule has 23 heavy (non-hydrogen) atoms. The van der Waals surface area contributed by atoms with E-state index >= 15 is 0 Å². The van der Waals surface area contributed by atoms with Crippen LogP contribution in [-0.4, -0.2) is 44.3 Å². The number of nitrogens with one attached hydrogen (secondary N) is 1. The van der Waals surface area contributed by atoms with Crippen LogP contribution in [0.2, 0.25) is 0 Å². The van der Waals surface area contributed by atoms with Crippen LogP contribution in [0, 0.1) is 0 Å². The third-order valence-corrected chi connectivity index (χ3v) is 3.28. The molecule has 2 rings (SSSR count). The van der Waals surface area contributed by atoms with Gasteiger partial charge in [-0.25, -0.2) is 0 Å². The number of methoxy groups -OCH3 is 1. The minimum absolute atomic E-state index is 0.0445. The number of benzene rings is 2. The predicted molar refractivity (Wildman–Crippen MR) is 90.3 cm³/mol. The maximum absolute atomic E-state index is 12.2. The van der Waals surface area contributed by atoms with Crippen molar-refractivity contribution in [3.63, 3.8) is 0 Å². The number of ketones is 1. The Bertz CT molecular complexity index is 676. The first-order valence-electron chi connectivity index (χ1n) is 7.23. The first kappa shape index (κ1) is 16.7. The van der Waals surface area contributed by atoms with Gasteiger partial charge in [-0.15, -0.1) is 0 Å². The lowest BCUT2D eigenvalue weighted by molar-refractivity contribution is 0.0957. The fraction of sp³-hybridized carbons (Fsp3) is 0.222. The Morgan fingerprint density at radius 1 is 0.957 bits per heavy atom. The molecule has 5 nitrogen and oxygen atoms in total. The highest BCUT2D eigenvalue weighted by molar-refractivity contribution is 6.04. The van der Waals surface area contributed by atoms with E-state index in [1.807, 2.05) is 19.0 Å². The van der Waals surface area contributed by atoms with E-state index in [-0.39, 0.29) is 11.7 Å². The van der Waals surface area contributed by atoms with Crippen molar-refractivity contribution in [3.8, 4) is 5.75 Å². The molecular weight excluding hydrogens is 292 g/mol. The molecule has 0 saturated heterocycles. The highest BCUT2D eigenvalue weighted by Gasteiger charge is 2.09. The van der Waals surface area contributed by atoms with E-state index in [0.29, 0.717) is 29.1 Å². The van der Waals surface area contributed by atoms with Crippen molar-refractivity contribution in [1.82, 2.24) is 4.90 Å². The molecule has 0 saturated carbocycles. The Labute approximate surface area is 135 Å². The smallest absolute Gasteiger partial charge is 0.255 e. The number of nitrogens with zero attached hydrogens (tertiary/aromatic N) is 1. The van der Waals surface area contributed by atoms with Crippen molar-refractivity contribution in [2.45, 2.75) is 0 Å². The zero-order valence-electron chi connectivity index (χ0n) is 13.5. The van der Waals surface area contributed by atoms with Crippen LogP contribution in [0.1, 0.15) is 20.7 Å². The zero-order valence-corrected chi connectivity index (χ0v) is 13.5. The van der Waals surface area contributed by atoms with E-state index in [0.717, 1.165) is 0 Å². The molecule has 0 atom stereocenters. The summed E-state index contributed by atoms with van der Waals surface area (Å²) in [4.78, 5) is 25.9. The lowest BCUT2D eigenvalue weighted by atomic mass is 10.1. The summed E-state index contributed by atoms with van der Waals surface area (Å²) in [5, 5.41) is 2.80. The van der Waals surface area contributed by atoms with Crippen LogP contribution in [0.5, 0.6) is 5.75 Å². The molecular formula is C18H20N2O3. The van der Waals surface area contributed by atoms with Gasteiger partial charge in [0, 0.05) is 16.8 Å². The minimum Gasteiger partial charge on any atom is -0.497 e. The van der Waals surface area contributed by atoms with Crippen molar-refractivity contribution in [2.24, 2.45) is 0 Å². The molecule has 0 aliphatic rings. The summed E-state index contributed by atoms with van der Waals surface area (Å²) in [5.74, 6) is 0.536. The van der Waals surface area contributed by atoms with E-state index in [9.17, 15) is 9.59 Å². The molecule has 2 aromatic carbocycles. The Morgan fingerprint density at radius 3 is 2.04 bits per heavy atom. The summed E-state index contributed by atoms with van der Waals surface area (Å²) >= 11 is 0. The predicted octanol–water partition coefficient (Wildman–Crippen LogP) is 2.69. The molecule has 0 aliphatic heterocycles. The molecule has 0 aliphatic carbocycles. The van der Waals surface area contributed by atoms with E-state index < -0.39 is 0 Å². The van der Waals surface area contributed by atoms with Crippen LogP contribution < -0.4 is 10.1 Å². The second kappa shape index (κ2) is 7.56. The maximum atomic E-state index is 12.2. The number of carbonyl (C=O) groups excluding carboxylic acids is 2. The Morgan fingerprint density at radius 2 is 1.52 bits per heavy atom. The number of hydrogen-bond donors (Lipinski definition) is 1. The molecule has 0 spiro atoms. The van der Waals surface area contributed by atoms with Gasteiger partial charge in [0.25, 0.3) is 5.91 Å². The van der Waals surface area contributed by atoms with E-state index in [1.165, 1.54) is 0 Å². The average Bonchev–Trinajstić information content (AvgIpc) is 2.55. The van der Waals surface area contributed by atoms with Gasteiger partial charge in [0.1, 0.15) is 5.75 Å². The number of ether oxygens (including phenoxy) is 1. The molecule has 0 bridgehead atoms. The largest absolute Gasteiger partial charge is 0.497 e. The van der Waals surface area contributed by atoms with Gasteiger partial charge in [-0.3, -0.25) is 9.59 Å². The molecule has 5 heteroatoms. The number of likely N-dealkylation sites (N-methyl/N-ethyl adjacent to an activating group) is 1. The first-order valence-corrected chi connectivity index (χ1v) is 7.23. The van der Waals surface area contributed by atoms with Crippen molar-refractivity contribution in [3.05, 3.63) is 59.7 Å². The van der Waals surface area contributed by atoms with Crippen LogP contribution >= 0.6 is 0 Å². The van der Waals surface area contributed by atoms with Crippen molar-refractivity contribution in [1.29, 1.82) is 0 Å².